The summed E-state index contributed by atoms with van der Waals surface area (Å²) in [6, 6.07) is 5.84. The number of nitriles is 1. The highest BCUT2D eigenvalue weighted by atomic mass is 35.5. The smallest absolute Gasteiger partial charge is 0.129 e. The van der Waals surface area contributed by atoms with Crippen molar-refractivity contribution in [3.8, 4) is 6.07 Å². The van der Waals surface area contributed by atoms with Crippen molar-refractivity contribution < 1.29 is 4.39 Å². The van der Waals surface area contributed by atoms with Crippen molar-refractivity contribution in [3.05, 3.63) is 34.6 Å². The zero-order valence-corrected chi connectivity index (χ0v) is 10.1. The van der Waals surface area contributed by atoms with E-state index in [1.54, 1.807) is 0 Å². The molecule has 0 saturated heterocycles. The third-order valence-corrected chi connectivity index (χ3v) is 2.79. The molecule has 0 saturated carbocycles. The minimum Gasteiger partial charge on any atom is -0.285 e. The third kappa shape index (κ3) is 2.72. The van der Waals surface area contributed by atoms with Crippen molar-refractivity contribution in [3.63, 3.8) is 0 Å². The molecule has 0 fully saturated rings. The fourth-order valence-corrected chi connectivity index (χ4v) is 1.84. The average Bonchev–Trinajstić information content (AvgIpc) is 2.29. The maximum absolute atomic E-state index is 13.6. The van der Waals surface area contributed by atoms with Gasteiger partial charge in [-0.2, -0.15) is 5.26 Å². The first-order chi connectivity index (χ1) is 7.63. The van der Waals surface area contributed by atoms with Crippen molar-refractivity contribution in [2.75, 3.05) is 13.1 Å². The highest BCUT2D eigenvalue weighted by Gasteiger charge is 2.20. The molecule has 0 aliphatic carbocycles. The number of benzene rings is 1. The quantitative estimate of drug-likeness (QED) is 0.807. The SMILES string of the molecule is CCN(CC)C(C#N)c1cc(Cl)ccc1F. The van der Waals surface area contributed by atoms with Crippen molar-refractivity contribution in [2.24, 2.45) is 0 Å². The second kappa shape index (κ2) is 5.83. The van der Waals surface area contributed by atoms with E-state index in [4.69, 9.17) is 16.9 Å². The molecule has 0 aromatic heterocycles. The molecule has 0 bridgehead atoms. The largest absolute Gasteiger partial charge is 0.285 e. The van der Waals surface area contributed by atoms with E-state index < -0.39 is 6.04 Å². The molecule has 1 rings (SSSR count). The van der Waals surface area contributed by atoms with Gasteiger partial charge in [0.2, 0.25) is 0 Å². The Bertz CT molecular complexity index is 396. The third-order valence-electron chi connectivity index (χ3n) is 2.55. The molecule has 0 radical (unpaired) electrons. The van der Waals surface area contributed by atoms with E-state index in [2.05, 4.69) is 6.07 Å². The molecule has 1 unspecified atom stereocenters. The topological polar surface area (TPSA) is 27.0 Å². The lowest BCUT2D eigenvalue weighted by atomic mass is 10.1. The molecule has 0 spiro atoms. The Morgan fingerprint density at radius 1 is 1.44 bits per heavy atom. The Morgan fingerprint density at radius 3 is 2.56 bits per heavy atom. The van der Waals surface area contributed by atoms with Gasteiger partial charge in [0, 0.05) is 10.6 Å². The Hall–Kier alpha value is -1.11. The molecule has 86 valence electrons. The zero-order valence-electron chi connectivity index (χ0n) is 9.37. The number of hydrogen-bond donors (Lipinski definition) is 0. The van der Waals surface area contributed by atoms with E-state index in [1.807, 2.05) is 18.7 Å². The predicted octanol–water partition coefficient (Wildman–Crippen LogP) is 3.39. The van der Waals surface area contributed by atoms with E-state index in [1.165, 1.54) is 18.2 Å². The minimum atomic E-state index is -0.575. The zero-order chi connectivity index (χ0) is 12.1. The second-order valence-electron chi connectivity index (χ2n) is 3.42. The molecule has 0 aliphatic rings. The maximum atomic E-state index is 13.6. The minimum absolute atomic E-state index is 0.346. The molecule has 1 atom stereocenters. The molecule has 16 heavy (non-hydrogen) atoms. The van der Waals surface area contributed by atoms with Gasteiger partial charge >= 0.3 is 0 Å². The van der Waals surface area contributed by atoms with Crippen LogP contribution in [0.25, 0.3) is 0 Å². The van der Waals surface area contributed by atoms with Gasteiger partial charge < -0.3 is 0 Å². The van der Waals surface area contributed by atoms with Crippen LogP contribution in [0.15, 0.2) is 18.2 Å². The summed E-state index contributed by atoms with van der Waals surface area (Å²) in [4.78, 5) is 1.88. The van der Waals surface area contributed by atoms with Crippen LogP contribution in [0.5, 0.6) is 0 Å². The van der Waals surface area contributed by atoms with E-state index in [-0.39, 0.29) is 5.82 Å². The van der Waals surface area contributed by atoms with Gasteiger partial charge in [-0.3, -0.25) is 4.90 Å². The van der Waals surface area contributed by atoms with E-state index >= 15 is 0 Å². The molecular formula is C12H14ClFN2. The van der Waals surface area contributed by atoms with Crippen molar-refractivity contribution in [2.45, 2.75) is 19.9 Å². The monoisotopic (exact) mass is 240 g/mol. The van der Waals surface area contributed by atoms with Gasteiger partial charge in [0.25, 0.3) is 0 Å². The lowest BCUT2D eigenvalue weighted by molar-refractivity contribution is 0.258. The molecule has 0 aliphatic heterocycles. The number of nitrogens with zero attached hydrogens (tertiary/aromatic N) is 2. The van der Waals surface area contributed by atoms with Crippen molar-refractivity contribution in [1.29, 1.82) is 5.26 Å². The van der Waals surface area contributed by atoms with Crippen LogP contribution in [-0.4, -0.2) is 18.0 Å². The van der Waals surface area contributed by atoms with E-state index in [9.17, 15) is 4.39 Å². The predicted molar refractivity (Wildman–Crippen MR) is 62.7 cm³/mol. The maximum Gasteiger partial charge on any atom is 0.129 e. The van der Waals surface area contributed by atoms with Gasteiger partial charge in [-0.05, 0) is 31.3 Å². The summed E-state index contributed by atoms with van der Waals surface area (Å²) in [5.74, 6) is -0.386. The molecule has 0 heterocycles. The van der Waals surface area contributed by atoms with Crippen LogP contribution >= 0.6 is 11.6 Å². The van der Waals surface area contributed by atoms with Crippen molar-refractivity contribution in [1.82, 2.24) is 4.90 Å². The summed E-state index contributed by atoms with van der Waals surface area (Å²) in [6.07, 6.45) is 0. The Labute approximate surface area is 100 Å². The first-order valence-electron chi connectivity index (χ1n) is 5.22. The summed E-state index contributed by atoms with van der Waals surface area (Å²) in [5.41, 5.74) is 0.346. The van der Waals surface area contributed by atoms with Crippen LogP contribution < -0.4 is 0 Å². The summed E-state index contributed by atoms with van der Waals surface area (Å²) >= 11 is 5.81. The normalized spacial score (nSPS) is 12.5. The number of halogens is 2. The lowest BCUT2D eigenvalue weighted by Crippen LogP contribution is -2.28. The highest BCUT2D eigenvalue weighted by Crippen LogP contribution is 2.25. The molecule has 1 aromatic carbocycles. The van der Waals surface area contributed by atoms with Crippen molar-refractivity contribution >= 4 is 11.6 Å². The van der Waals surface area contributed by atoms with Gasteiger partial charge in [-0.25, -0.2) is 4.39 Å². The Morgan fingerprint density at radius 2 is 2.06 bits per heavy atom. The Kier molecular flexibility index (Phi) is 4.72. The molecule has 0 N–H and O–H groups in total. The van der Waals surface area contributed by atoms with Gasteiger partial charge in [0.1, 0.15) is 11.9 Å². The van der Waals surface area contributed by atoms with Gasteiger partial charge in [0.15, 0.2) is 0 Å². The molecule has 1 aromatic rings. The second-order valence-corrected chi connectivity index (χ2v) is 3.86. The van der Waals surface area contributed by atoms with E-state index in [0.717, 1.165) is 0 Å². The lowest BCUT2D eigenvalue weighted by Gasteiger charge is -2.24. The fraction of sp³-hybridized carbons (Fsp3) is 0.417. The highest BCUT2D eigenvalue weighted by molar-refractivity contribution is 6.30. The van der Waals surface area contributed by atoms with Gasteiger partial charge in [-0.1, -0.05) is 25.4 Å². The van der Waals surface area contributed by atoms with Crippen LogP contribution in [0.1, 0.15) is 25.5 Å². The van der Waals surface area contributed by atoms with Crippen LogP contribution in [-0.2, 0) is 0 Å². The number of hydrogen-bond acceptors (Lipinski definition) is 2. The van der Waals surface area contributed by atoms with Crippen LogP contribution in [0.2, 0.25) is 5.02 Å². The van der Waals surface area contributed by atoms with Gasteiger partial charge in [-0.15, -0.1) is 0 Å². The average molecular weight is 241 g/mol. The van der Waals surface area contributed by atoms with E-state index in [0.29, 0.717) is 23.7 Å². The fourth-order valence-electron chi connectivity index (χ4n) is 1.66. The molecule has 4 heteroatoms. The first-order valence-corrected chi connectivity index (χ1v) is 5.60. The number of rotatable bonds is 4. The summed E-state index contributed by atoms with van der Waals surface area (Å²) < 4.78 is 13.6. The van der Waals surface area contributed by atoms with Crippen LogP contribution in [0.4, 0.5) is 4.39 Å². The van der Waals surface area contributed by atoms with Crippen LogP contribution in [0, 0.1) is 17.1 Å². The Balaban J connectivity index is 3.13. The summed E-state index contributed by atoms with van der Waals surface area (Å²) in [6.45, 7) is 5.27. The van der Waals surface area contributed by atoms with Gasteiger partial charge in [0.05, 0.1) is 6.07 Å². The first kappa shape index (κ1) is 13.0. The van der Waals surface area contributed by atoms with Crippen LogP contribution in [0.3, 0.4) is 0 Å². The molecule has 0 amide bonds. The standard InChI is InChI=1S/C12H14ClFN2/c1-3-16(4-2)12(8-15)10-7-9(13)5-6-11(10)14/h5-7,12H,3-4H2,1-2H3. The molecular weight excluding hydrogens is 227 g/mol. The molecule has 2 nitrogen and oxygen atoms in total. The summed E-state index contributed by atoms with van der Waals surface area (Å²) in [7, 11) is 0. The summed E-state index contributed by atoms with van der Waals surface area (Å²) in [5, 5.41) is 9.57.